The molecular weight excluding hydrogens is 296 g/mol. The van der Waals surface area contributed by atoms with Gasteiger partial charge in [0.25, 0.3) is 5.91 Å². The SMILES string of the molecule is CCCN1[C@@H]2CCC[C@H]1CC(NC(=O)c1ccc(Cl)cc1)C2. The van der Waals surface area contributed by atoms with Gasteiger partial charge in [0.15, 0.2) is 0 Å². The van der Waals surface area contributed by atoms with E-state index in [0.29, 0.717) is 28.7 Å². The van der Waals surface area contributed by atoms with Crippen molar-refractivity contribution in [1.29, 1.82) is 0 Å². The topological polar surface area (TPSA) is 32.3 Å². The molecule has 3 rings (SSSR count). The summed E-state index contributed by atoms with van der Waals surface area (Å²) in [6, 6.07) is 8.76. The first-order valence-electron chi connectivity index (χ1n) is 8.49. The molecule has 0 aromatic heterocycles. The van der Waals surface area contributed by atoms with E-state index in [-0.39, 0.29) is 5.91 Å². The van der Waals surface area contributed by atoms with Crippen LogP contribution in [0.5, 0.6) is 0 Å². The number of carbonyl (C=O) groups is 1. The zero-order valence-electron chi connectivity index (χ0n) is 13.2. The number of halogens is 1. The van der Waals surface area contributed by atoms with Crippen LogP contribution in [0.3, 0.4) is 0 Å². The number of amides is 1. The van der Waals surface area contributed by atoms with Gasteiger partial charge in [0.1, 0.15) is 0 Å². The smallest absolute Gasteiger partial charge is 0.251 e. The van der Waals surface area contributed by atoms with Gasteiger partial charge in [0, 0.05) is 28.7 Å². The molecule has 0 aliphatic carbocycles. The molecular formula is C18H25ClN2O. The fraction of sp³-hybridized carbons (Fsp3) is 0.611. The van der Waals surface area contributed by atoms with Crippen molar-refractivity contribution >= 4 is 17.5 Å². The lowest BCUT2D eigenvalue weighted by Crippen LogP contribution is -2.57. The Morgan fingerprint density at radius 3 is 2.45 bits per heavy atom. The minimum absolute atomic E-state index is 0.0312. The maximum atomic E-state index is 12.4. The van der Waals surface area contributed by atoms with Crippen molar-refractivity contribution in [3.63, 3.8) is 0 Å². The Hall–Kier alpha value is -1.06. The van der Waals surface area contributed by atoms with E-state index < -0.39 is 0 Å². The number of fused-ring (bicyclic) bond motifs is 2. The fourth-order valence-electron chi connectivity index (χ4n) is 4.09. The number of hydrogen-bond acceptors (Lipinski definition) is 2. The van der Waals surface area contributed by atoms with Gasteiger partial charge in [-0.25, -0.2) is 0 Å². The molecule has 22 heavy (non-hydrogen) atoms. The van der Waals surface area contributed by atoms with Gasteiger partial charge < -0.3 is 5.32 Å². The van der Waals surface area contributed by atoms with Gasteiger partial charge in [-0.1, -0.05) is 24.9 Å². The third-order valence-corrected chi connectivity index (χ3v) is 5.30. The van der Waals surface area contributed by atoms with Crippen molar-refractivity contribution in [1.82, 2.24) is 10.2 Å². The molecule has 4 heteroatoms. The number of benzene rings is 1. The fourth-order valence-corrected chi connectivity index (χ4v) is 4.22. The largest absolute Gasteiger partial charge is 0.349 e. The second kappa shape index (κ2) is 7.01. The summed E-state index contributed by atoms with van der Waals surface area (Å²) in [6.07, 6.45) is 7.31. The minimum Gasteiger partial charge on any atom is -0.349 e. The van der Waals surface area contributed by atoms with E-state index in [2.05, 4.69) is 17.1 Å². The highest BCUT2D eigenvalue weighted by Crippen LogP contribution is 2.34. The normalized spacial score (nSPS) is 28.4. The first kappa shape index (κ1) is 15.8. The molecule has 2 aliphatic heterocycles. The van der Waals surface area contributed by atoms with Crippen molar-refractivity contribution in [3.05, 3.63) is 34.9 Å². The monoisotopic (exact) mass is 320 g/mol. The lowest BCUT2D eigenvalue weighted by Gasteiger charge is -2.49. The van der Waals surface area contributed by atoms with Crippen molar-refractivity contribution in [2.24, 2.45) is 0 Å². The van der Waals surface area contributed by atoms with E-state index in [4.69, 9.17) is 11.6 Å². The molecule has 0 saturated carbocycles. The average Bonchev–Trinajstić information content (AvgIpc) is 2.49. The van der Waals surface area contributed by atoms with E-state index in [0.717, 1.165) is 12.8 Å². The second-order valence-electron chi connectivity index (χ2n) is 6.63. The predicted molar refractivity (Wildman–Crippen MR) is 90.4 cm³/mol. The van der Waals surface area contributed by atoms with Crippen LogP contribution in [0.1, 0.15) is 55.8 Å². The van der Waals surface area contributed by atoms with Crippen molar-refractivity contribution in [3.8, 4) is 0 Å². The highest BCUT2D eigenvalue weighted by atomic mass is 35.5. The van der Waals surface area contributed by atoms with Crippen LogP contribution >= 0.6 is 11.6 Å². The Morgan fingerprint density at radius 2 is 1.86 bits per heavy atom. The standard InChI is InChI=1S/C18H25ClN2O/c1-2-10-21-16-4-3-5-17(21)12-15(11-16)20-18(22)13-6-8-14(19)9-7-13/h6-9,15-17H,2-5,10-12H2,1H3,(H,20,22)/t15?,16-,17+. The molecule has 1 N–H and O–H groups in total. The number of hydrogen-bond donors (Lipinski definition) is 1. The summed E-state index contributed by atoms with van der Waals surface area (Å²) >= 11 is 5.88. The van der Waals surface area contributed by atoms with Gasteiger partial charge in [-0.3, -0.25) is 9.69 Å². The minimum atomic E-state index is 0.0312. The molecule has 3 nitrogen and oxygen atoms in total. The van der Waals surface area contributed by atoms with Gasteiger partial charge in [-0.15, -0.1) is 0 Å². The predicted octanol–water partition coefficient (Wildman–Crippen LogP) is 3.87. The third-order valence-electron chi connectivity index (χ3n) is 5.05. The van der Waals surface area contributed by atoms with Crippen molar-refractivity contribution < 1.29 is 4.79 Å². The second-order valence-corrected chi connectivity index (χ2v) is 7.06. The highest BCUT2D eigenvalue weighted by molar-refractivity contribution is 6.30. The Bertz CT molecular complexity index is 502. The van der Waals surface area contributed by atoms with Crippen molar-refractivity contribution in [2.75, 3.05) is 6.54 Å². The van der Waals surface area contributed by atoms with E-state index >= 15 is 0 Å². The maximum Gasteiger partial charge on any atom is 0.251 e. The number of rotatable bonds is 4. The lowest BCUT2D eigenvalue weighted by molar-refractivity contribution is 0.0245. The van der Waals surface area contributed by atoms with Crippen molar-refractivity contribution in [2.45, 2.75) is 63.6 Å². The van der Waals surface area contributed by atoms with Crippen LogP contribution in [0, 0.1) is 0 Å². The molecule has 120 valence electrons. The van der Waals surface area contributed by atoms with E-state index in [1.165, 1.54) is 32.2 Å². The third kappa shape index (κ3) is 3.47. The average molecular weight is 321 g/mol. The zero-order valence-corrected chi connectivity index (χ0v) is 14.0. The molecule has 1 aromatic rings. The van der Waals surface area contributed by atoms with Crippen LogP contribution < -0.4 is 5.32 Å². The van der Waals surface area contributed by atoms with Gasteiger partial charge in [-0.05, 0) is 62.9 Å². The molecule has 3 atom stereocenters. The molecule has 2 bridgehead atoms. The molecule has 2 fully saturated rings. The van der Waals surface area contributed by atoms with Crippen LogP contribution in [0.15, 0.2) is 24.3 Å². The van der Waals surface area contributed by atoms with Gasteiger partial charge in [0.05, 0.1) is 0 Å². The van der Waals surface area contributed by atoms with E-state index in [1.807, 2.05) is 0 Å². The molecule has 0 spiro atoms. The van der Waals surface area contributed by atoms with Crippen LogP contribution in [0.25, 0.3) is 0 Å². The molecule has 1 amide bonds. The van der Waals surface area contributed by atoms with Gasteiger partial charge >= 0.3 is 0 Å². The van der Waals surface area contributed by atoms with Crippen LogP contribution in [-0.4, -0.2) is 35.5 Å². The molecule has 2 saturated heterocycles. The molecule has 2 aliphatic rings. The summed E-state index contributed by atoms with van der Waals surface area (Å²) in [5.74, 6) is 0.0312. The summed E-state index contributed by atoms with van der Waals surface area (Å²) in [7, 11) is 0. The van der Waals surface area contributed by atoms with E-state index in [9.17, 15) is 4.79 Å². The first-order chi connectivity index (χ1) is 10.7. The summed E-state index contributed by atoms with van der Waals surface area (Å²) in [5, 5.41) is 3.90. The summed E-state index contributed by atoms with van der Waals surface area (Å²) in [5.41, 5.74) is 0.700. The Balaban J connectivity index is 1.62. The quantitative estimate of drug-likeness (QED) is 0.913. The first-order valence-corrected chi connectivity index (χ1v) is 8.87. The lowest BCUT2D eigenvalue weighted by atomic mass is 9.81. The molecule has 1 unspecified atom stereocenters. The van der Waals surface area contributed by atoms with Crippen LogP contribution in [0.2, 0.25) is 5.02 Å². The zero-order chi connectivity index (χ0) is 15.5. The van der Waals surface area contributed by atoms with Gasteiger partial charge in [-0.2, -0.15) is 0 Å². The van der Waals surface area contributed by atoms with E-state index in [1.54, 1.807) is 24.3 Å². The number of carbonyl (C=O) groups excluding carboxylic acids is 1. The molecule has 2 heterocycles. The summed E-state index contributed by atoms with van der Waals surface area (Å²) in [6.45, 7) is 3.46. The Morgan fingerprint density at radius 1 is 1.23 bits per heavy atom. The molecule has 0 radical (unpaired) electrons. The van der Waals surface area contributed by atoms with Crippen LogP contribution in [-0.2, 0) is 0 Å². The van der Waals surface area contributed by atoms with Gasteiger partial charge in [0.2, 0.25) is 0 Å². The van der Waals surface area contributed by atoms with Crippen LogP contribution in [0.4, 0.5) is 0 Å². The Kier molecular flexibility index (Phi) is 5.04. The highest BCUT2D eigenvalue weighted by Gasteiger charge is 2.38. The molecule has 1 aromatic carbocycles. The number of nitrogens with zero attached hydrogens (tertiary/aromatic N) is 1. The maximum absolute atomic E-state index is 12.4. The summed E-state index contributed by atoms with van der Waals surface area (Å²) in [4.78, 5) is 15.1. The Labute approximate surface area is 138 Å². The number of piperidine rings is 2. The summed E-state index contributed by atoms with van der Waals surface area (Å²) < 4.78 is 0. The number of nitrogens with one attached hydrogen (secondary N) is 1.